The summed E-state index contributed by atoms with van der Waals surface area (Å²) >= 11 is 15.8. The van der Waals surface area contributed by atoms with Gasteiger partial charge in [0, 0.05) is 57.3 Å². The fourth-order valence-corrected chi connectivity index (χ4v) is 18.1. The number of hydrogen-bond donors (Lipinski definition) is 10. The predicted molar refractivity (Wildman–Crippen MR) is 559 cm³/mol. The molecule has 10 aromatic carbocycles. The first-order valence-corrected chi connectivity index (χ1v) is 48.3. The first kappa shape index (κ1) is 106. The van der Waals surface area contributed by atoms with Gasteiger partial charge in [-0.25, -0.2) is 9.59 Å². The molecule has 34 nitrogen and oxygen atoms in total. The number of furan rings is 2. The standard InChI is InChI=1S/2C24H17ClN2O6S.3C19H16N2O4S/c1-13-2-5-15(6-3-13)26-21(28)12-27-22(29)20(34-24(27)32)11-16-7-9-19(33-16)14-4-8-18(25)17(10-14)23(30)31;1-13-3-2-4-15(9-13)26-21(28)12-27-22(29)20(34-24(27)32)11-16-6-8-19(33-16)17-10-14(23(30)31)5-7-18(17)25;1-12-2-6-14(7-3-12)20-17(23)11-21-18(24)16(26-19(21)25)10-13-4-8-15(22)9-5-13;1-12-5-7-14(8-6-12)20-17(23)11-21-18(24)16(26-19(21)25)10-13-3-2-4-15(22)9-13;1-12-6-8-14(9-7-12)20-17(23)11-21-18(24)16(26-19(21)25)10-13-4-2-3-5-15(13)22/h2*2-11H,12H2,1H3,(H,26,28)(H,30,31);3*2-10,22H,11H2,1H3,(H,20,23)/b20-11+;20-11-;3*16-10-. The van der Waals surface area contributed by atoms with E-state index in [-0.39, 0.29) is 89.1 Å². The van der Waals surface area contributed by atoms with Crippen molar-refractivity contribution >= 4 is 238 Å². The molecule has 5 aliphatic heterocycles. The minimum atomic E-state index is -1.17. The average Bonchev–Trinajstić information content (AvgIpc) is 2.09. The lowest BCUT2D eigenvalue weighted by atomic mass is 10.1. The Morgan fingerprint density at radius 1 is 0.315 bits per heavy atom. The summed E-state index contributed by atoms with van der Waals surface area (Å²) in [5.74, 6) is -6.01. The van der Waals surface area contributed by atoms with Crippen LogP contribution < -0.4 is 26.6 Å². The summed E-state index contributed by atoms with van der Waals surface area (Å²) in [4.78, 5) is 212. The zero-order valence-corrected chi connectivity index (χ0v) is 82.8. The molecule has 7 heterocycles. The first-order chi connectivity index (χ1) is 69.7. The van der Waals surface area contributed by atoms with Crippen LogP contribution in [0.15, 0.2) is 288 Å². The van der Waals surface area contributed by atoms with E-state index in [4.69, 9.17) is 32.0 Å². The number of hydrogen-bond acceptors (Lipinski definition) is 27. The van der Waals surface area contributed by atoms with E-state index < -0.39 is 110 Å². The Labute approximate surface area is 862 Å². The number of nitrogens with zero attached hydrogens (tertiary/aromatic N) is 5. The number of phenols is 3. The summed E-state index contributed by atoms with van der Waals surface area (Å²) < 4.78 is 11.4. The number of imide groups is 5. The van der Waals surface area contributed by atoms with Gasteiger partial charge in [-0.15, -0.1) is 0 Å². The minimum absolute atomic E-state index is 0.0106. The van der Waals surface area contributed by atoms with Crippen molar-refractivity contribution in [1.29, 1.82) is 0 Å². The fraction of sp³-hybridized carbons (Fsp3) is 0.0952. The van der Waals surface area contributed by atoms with Gasteiger partial charge in [0.25, 0.3) is 55.7 Å². The molecule has 0 spiro atoms. The van der Waals surface area contributed by atoms with Crippen molar-refractivity contribution in [2.45, 2.75) is 34.6 Å². The maximum absolute atomic E-state index is 12.7. The Balaban J connectivity index is 0.000000154. The van der Waals surface area contributed by atoms with Crippen molar-refractivity contribution < 1.29 is 116 Å². The lowest BCUT2D eigenvalue weighted by Gasteiger charge is -2.12. The molecule has 10 N–H and O–H groups in total. The van der Waals surface area contributed by atoms with E-state index in [0.29, 0.717) is 96.3 Å². The van der Waals surface area contributed by atoms with E-state index in [1.807, 2.05) is 89.2 Å². The maximum atomic E-state index is 12.7. The van der Waals surface area contributed by atoms with Crippen molar-refractivity contribution in [2.75, 3.05) is 59.3 Å². The van der Waals surface area contributed by atoms with Gasteiger partial charge in [-0.05, 0) is 280 Å². The third kappa shape index (κ3) is 29.0. The number of nitrogens with one attached hydrogen (secondary N) is 5. The van der Waals surface area contributed by atoms with Crippen LogP contribution in [0.25, 0.3) is 53.0 Å². The number of amides is 15. The van der Waals surface area contributed by atoms with Crippen LogP contribution >= 0.6 is 82.0 Å². The van der Waals surface area contributed by atoms with Crippen molar-refractivity contribution in [1.82, 2.24) is 24.5 Å². The SMILES string of the molecule is Cc1ccc(NC(=O)CN2C(=O)S/C(=C/c3ccc(-c4ccc(Cl)c(C(=O)O)c4)o3)C2=O)cc1.Cc1ccc(NC(=O)CN2C(=O)S/C(=C\c3ccc(O)cc3)C2=O)cc1.Cc1ccc(NC(=O)CN2C(=O)S/C(=C\c3cccc(O)c3)C2=O)cc1.Cc1ccc(NC(=O)CN2C(=O)S/C(=C\c3ccccc3O)C2=O)cc1.Cc1cccc(NC(=O)CN2C(=O)S/C(=C\c3ccc(-c4cc(C(=O)O)ccc4Cl)o3)C2=O)c1. The van der Waals surface area contributed by atoms with Gasteiger partial charge in [-0.3, -0.25) is 96.4 Å². The Kier molecular flexibility index (Phi) is 35.6. The summed E-state index contributed by atoms with van der Waals surface area (Å²) in [7, 11) is 0. The number of para-hydroxylation sites is 1. The quantitative estimate of drug-likeness (QED) is 0.0251. The Morgan fingerprint density at radius 3 is 1.08 bits per heavy atom. The second-order valence-electron chi connectivity index (χ2n) is 32.1. The second kappa shape index (κ2) is 48.8. The summed E-state index contributed by atoms with van der Waals surface area (Å²) in [6.07, 6.45) is 7.31. The molecule has 0 radical (unpaired) electrons. The van der Waals surface area contributed by atoms with Gasteiger partial charge in [-0.1, -0.05) is 149 Å². The van der Waals surface area contributed by atoms with Crippen molar-refractivity contribution in [3.05, 3.63) is 357 Å². The number of aryl methyl sites for hydroxylation is 5. The lowest BCUT2D eigenvalue weighted by molar-refractivity contribution is -0.127. The molecule has 0 bridgehead atoms. The number of carbonyl (C=O) groups excluding carboxylic acids is 15. The molecule has 5 saturated heterocycles. The molecule has 740 valence electrons. The van der Waals surface area contributed by atoms with E-state index in [0.717, 1.165) is 87.6 Å². The van der Waals surface area contributed by atoms with Gasteiger partial charge in [-0.2, -0.15) is 0 Å². The molecule has 12 aromatic rings. The lowest BCUT2D eigenvalue weighted by Crippen LogP contribution is -2.36. The molecular weight excluding hydrogens is 2020 g/mol. The third-order valence-corrected chi connectivity index (χ3v) is 26.1. The summed E-state index contributed by atoms with van der Waals surface area (Å²) in [5.41, 5.74) is 10.7. The number of aromatic carboxylic acids is 2. The molecule has 0 atom stereocenters. The molecule has 0 unspecified atom stereocenters. The van der Waals surface area contributed by atoms with E-state index >= 15 is 0 Å². The smallest absolute Gasteiger partial charge is 0.337 e. The highest BCUT2D eigenvalue weighted by atomic mass is 35.5. The molecule has 5 aliphatic rings. The first-order valence-electron chi connectivity index (χ1n) is 43.4. The average molecular weight is 2100 g/mol. The Hall–Kier alpha value is -16.8. The maximum Gasteiger partial charge on any atom is 0.337 e. The minimum Gasteiger partial charge on any atom is -0.508 e. The highest BCUT2D eigenvalue weighted by Gasteiger charge is 2.42. The van der Waals surface area contributed by atoms with Gasteiger partial charge < -0.3 is 61.0 Å². The van der Waals surface area contributed by atoms with Gasteiger partial charge in [0.1, 0.15) is 73.0 Å². The van der Waals surface area contributed by atoms with Crippen LogP contribution in [-0.4, -0.2) is 180 Å². The molecule has 0 aliphatic carbocycles. The normalized spacial score (nSPS) is 15.1. The number of rotatable bonds is 24. The van der Waals surface area contributed by atoms with Gasteiger partial charge in [0.2, 0.25) is 29.5 Å². The molecule has 0 saturated carbocycles. The highest BCUT2D eigenvalue weighted by molar-refractivity contribution is 8.19. The Morgan fingerprint density at radius 2 is 0.685 bits per heavy atom. The number of phenolic OH excluding ortho intramolecular Hbond substituents is 3. The summed E-state index contributed by atoms with van der Waals surface area (Å²) in [6, 6.07) is 70.0. The van der Waals surface area contributed by atoms with Gasteiger partial charge in [0.05, 0.1) is 45.7 Å². The third-order valence-electron chi connectivity index (χ3n) is 20.9. The molecule has 17 rings (SSSR count). The van der Waals surface area contributed by atoms with Crippen LogP contribution in [0.5, 0.6) is 17.2 Å². The number of thioether (sulfide) groups is 5. The Bertz CT molecular complexity index is 7410. The van der Waals surface area contributed by atoms with Gasteiger partial charge in [0.15, 0.2) is 0 Å². The van der Waals surface area contributed by atoms with Crippen molar-refractivity contribution in [3.63, 3.8) is 0 Å². The largest absolute Gasteiger partial charge is 0.508 e. The van der Waals surface area contributed by atoms with Gasteiger partial charge >= 0.3 is 11.9 Å². The summed E-state index contributed by atoms with van der Waals surface area (Å²) in [5, 5.41) is 58.1. The fourth-order valence-electron chi connectivity index (χ4n) is 13.5. The van der Waals surface area contributed by atoms with E-state index in [9.17, 15) is 107 Å². The van der Waals surface area contributed by atoms with Crippen molar-refractivity contribution in [3.8, 4) is 39.9 Å². The topological polar surface area (TPSA) is 494 Å². The van der Waals surface area contributed by atoms with Crippen molar-refractivity contribution in [2.24, 2.45) is 0 Å². The number of carboxylic acids is 2. The molecule has 15 amide bonds. The van der Waals surface area contributed by atoms with Crippen LogP contribution in [0.3, 0.4) is 0 Å². The van der Waals surface area contributed by atoms with Crippen LogP contribution in [-0.2, 0) is 47.9 Å². The van der Waals surface area contributed by atoms with E-state index in [1.54, 1.807) is 146 Å². The number of benzene rings is 10. The van der Waals surface area contributed by atoms with Crippen LogP contribution in [0, 0.1) is 34.6 Å². The molecule has 5 fully saturated rings. The number of aromatic hydroxyl groups is 3. The number of carboxylic acid groups (broad SMARTS) is 2. The zero-order chi connectivity index (χ0) is 105. The number of halogens is 2. The second-order valence-corrected chi connectivity index (χ2v) is 37.8. The van der Waals surface area contributed by atoms with E-state index in [1.165, 1.54) is 85.0 Å². The highest BCUT2D eigenvalue weighted by Crippen LogP contribution is 2.41. The molecular formula is C105H82Cl2N10O24S5. The molecule has 2 aromatic heterocycles. The zero-order valence-electron chi connectivity index (χ0n) is 77.2. The number of carbonyl (C=O) groups is 17. The molecule has 146 heavy (non-hydrogen) atoms. The van der Waals surface area contributed by atoms with Crippen LogP contribution in [0.2, 0.25) is 10.0 Å². The predicted octanol–water partition coefficient (Wildman–Crippen LogP) is 20.7. The van der Waals surface area contributed by atoms with Crippen LogP contribution in [0.1, 0.15) is 76.7 Å². The molecule has 41 heteroatoms. The van der Waals surface area contributed by atoms with Crippen LogP contribution in [0.4, 0.5) is 52.4 Å². The van der Waals surface area contributed by atoms with E-state index in [2.05, 4.69) is 26.6 Å². The monoisotopic (exact) mass is 2100 g/mol. The summed E-state index contributed by atoms with van der Waals surface area (Å²) in [6.45, 7) is 7.72. The number of anilines is 5.